The largest absolute Gasteiger partial charge is 0.493 e. The fourth-order valence-corrected chi connectivity index (χ4v) is 3.66. The van der Waals surface area contributed by atoms with E-state index in [1.165, 1.54) is 7.11 Å². The maximum absolute atomic E-state index is 12.7. The van der Waals surface area contributed by atoms with Gasteiger partial charge in [0.2, 0.25) is 0 Å². The van der Waals surface area contributed by atoms with Gasteiger partial charge in [0.15, 0.2) is 17.3 Å². The molecular weight excluding hydrogens is 426 g/mol. The van der Waals surface area contributed by atoms with E-state index in [1.54, 1.807) is 54.6 Å². The number of ether oxygens (including phenoxy) is 2. The molecule has 6 nitrogen and oxygen atoms in total. The smallest absolute Gasteiger partial charge is 0.293 e. The number of halogens is 1. The van der Waals surface area contributed by atoms with Crippen molar-refractivity contribution in [3.05, 3.63) is 76.2 Å². The topological polar surface area (TPSA) is 72.9 Å². The summed E-state index contributed by atoms with van der Waals surface area (Å²) >= 11 is 6.61. The monoisotopic (exact) mass is 443 g/mol. The number of nitrogens with zero attached hydrogens (tertiary/aromatic N) is 1. The zero-order valence-corrected chi connectivity index (χ0v) is 17.7. The molecule has 0 atom stereocenters. The van der Waals surface area contributed by atoms with E-state index in [0.717, 1.165) is 16.7 Å². The highest BCUT2D eigenvalue weighted by molar-refractivity contribution is 8.18. The number of carbonyl (C=O) groups is 3. The van der Waals surface area contributed by atoms with E-state index in [-0.39, 0.29) is 17.2 Å². The molecule has 154 valence electrons. The molecule has 0 bridgehead atoms. The van der Waals surface area contributed by atoms with Crippen LogP contribution in [0, 0.1) is 0 Å². The Morgan fingerprint density at radius 2 is 1.90 bits per heavy atom. The van der Waals surface area contributed by atoms with E-state index in [1.807, 2.05) is 0 Å². The predicted molar refractivity (Wildman–Crippen MR) is 117 cm³/mol. The minimum Gasteiger partial charge on any atom is -0.493 e. The number of hydrogen-bond donors (Lipinski definition) is 0. The summed E-state index contributed by atoms with van der Waals surface area (Å²) in [6.45, 7) is 3.60. The van der Waals surface area contributed by atoms with Crippen molar-refractivity contribution in [1.82, 2.24) is 4.90 Å². The highest BCUT2D eigenvalue weighted by atomic mass is 35.5. The summed E-state index contributed by atoms with van der Waals surface area (Å²) in [5.74, 6) is 0.165. The predicted octanol–water partition coefficient (Wildman–Crippen LogP) is 4.83. The van der Waals surface area contributed by atoms with E-state index in [4.69, 9.17) is 21.1 Å². The molecule has 30 heavy (non-hydrogen) atoms. The Bertz CT molecular complexity index is 1030. The summed E-state index contributed by atoms with van der Waals surface area (Å²) in [6, 6.07) is 11.4. The summed E-state index contributed by atoms with van der Waals surface area (Å²) in [5, 5.41) is 0.00320. The molecule has 3 rings (SSSR count). The Labute approximate surface area is 183 Å². The van der Waals surface area contributed by atoms with Crippen molar-refractivity contribution in [2.24, 2.45) is 0 Å². The lowest BCUT2D eigenvalue weighted by atomic mass is 10.1. The molecule has 1 aliphatic heterocycles. The Morgan fingerprint density at radius 3 is 2.57 bits per heavy atom. The fraction of sp³-hybridized carbons (Fsp3) is 0.136. The first-order valence-electron chi connectivity index (χ1n) is 8.89. The molecule has 0 aromatic heterocycles. The van der Waals surface area contributed by atoms with Crippen molar-refractivity contribution in [3.63, 3.8) is 0 Å². The molecule has 0 radical (unpaired) electrons. The van der Waals surface area contributed by atoms with Gasteiger partial charge in [0.1, 0.15) is 6.61 Å². The number of thioether (sulfide) groups is 1. The molecule has 0 unspecified atom stereocenters. The molecule has 1 heterocycles. The van der Waals surface area contributed by atoms with Gasteiger partial charge in [-0.2, -0.15) is 0 Å². The van der Waals surface area contributed by atoms with Crippen LogP contribution in [0.5, 0.6) is 11.5 Å². The molecule has 1 aliphatic rings. The normalized spacial score (nSPS) is 14.9. The standard InChI is InChI=1S/C22H18ClNO5S/c1-3-10-29-18-9-4-14(11-19(18)28-2)12-20-21(26)24(22(27)30-20)13-17(25)15-5-7-16(23)8-6-15/h3-9,11-12H,1,10,13H2,2H3. The van der Waals surface area contributed by atoms with Crippen LogP contribution in [0.2, 0.25) is 5.02 Å². The third kappa shape index (κ3) is 4.93. The molecule has 0 N–H and O–H groups in total. The summed E-state index contributed by atoms with van der Waals surface area (Å²) in [4.78, 5) is 38.6. The van der Waals surface area contributed by atoms with Crippen molar-refractivity contribution >= 4 is 46.4 Å². The van der Waals surface area contributed by atoms with Crippen LogP contribution in [-0.4, -0.2) is 42.1 Å². The molecule has 8 heteroatoms. The summed E-state index contributed by atoms with van der Waals surface area (Å²) < 4.78 is 10.8. The van der Waals surface area contributed by atoms with Crippen LogP contribution in [0.4, 0.5) is 4.79 Å². The van der Waals surface area contributed by atoms with Gasteiger partial charge in [-0.1, -0.05) is 30.3 Å². The second-order valence-corrected chi connectivity index (χ2v) is 7.64. The van der Waals surface area contributed by atoms with Crippen molar-refractivity contribution < 1.29 is 23.9 Å². The van der Waals surface area contributed by atoms with Gasteiger partial charge in [-0.25, -0.2) is 0 Å². The van der Waals surface area contributed by atoms with Crippen molar-refractivity contribution in [3.8, 4) is 11.5 Å². The van der Waals surface area contributed by atoms with Gasteiger partial charge in [0, 0.05) is 10.6 Å². The molecular formula is C22H18ClNO5S. The van der Waals surface area contributed by atoms with E-state index in [9.17, 15) is 14.4 Å². The van der Waals surface area contributed by atoms with Crippen LogP contribution in [0.25, 0.3) is 6.08 Å². The Balaban J connectivity index is 1.76. The van der Waals surface area contributed by atoms with Gasteiger partial charge < -0.3 is 9.47 Å². The summed E-state index contributed by atoms with van der Waals surface area (Å²) in [7, 11) is 1.51. The number of imide groups is 1. The van der Waals surface area contributed by atoms with Gasteiger partial charge in [0.25, 0.3) is 11.1 Å². The van der Waals surface area contributed by atoms with E-state index >= 15 is 0 Å². The second kappa shape index (κ2) is 9.65. The number of rotatable bonds is 8. The van der Waals surface area contributed by atoms with Crippen LogP contribution < -0.4 is 9.47 Å². The van der Waals surface area contributed by atoms with E-state index in [2.05, 4.69) is 6.58 Å². The number of benzene rings is 2. The minimum atomic E-state index is -0.515. The van der Waals surface area contributed by atoms with Crippen LogP contribution in [0.3, 0.4) is 0 Å². The average molecular weight is 444 g/mol. The SMILES string of the molecule is C=CCOc1ccc(C=C2SC(=O)N(CC(=O)c3ccc(Cl)cc3)C2=O)cc1OC. The number of carbonyl (C=O) groups excluding carboxylic acids is 3. The van der Waals surface area contributed by atoms with Crippen LogP contribution in [-0.2, 0) is 4.79 Å². The molecule has 2 amide bonds. The summed E-state index contributed by atoms with van der Waals surface area (Å²) in [6.07, 6.45) is 3.20. The Hall–Kier alpha value is -3.03. The van der Waals surface area contributed by atoms with Crippen molar-refractivity contribution in [2.75, 3.05) is 20.3 Å². The van der Waals surface area contributed by atoms with Gasteiger partial charge in [-0.3, -0.25) is 19.3 Å². The molecule has 0 aliphatic carbocycles. The minimum absolute atomic E-state index is 0.228. The fourth-order valence-electron chi connectivity index (χ4n) is 2.70. The molecule has 1 saturated heterocycles. The number of methoxy groups -OCH3 is 1. The lowest BCUT2D eigenvalue weighted by Gasteiger charge is -2.11. The highest BCUT2D eigenvalue weighted by Gasteiger charge is 2.36. The number of hydrogen-bond acceptors (Lipinski definition) is 6. The van der Waals surface area contributed by atoms with Crippen LogP contribution >= 0.6 is 23.4 Å². The number of Topliss-reactive ketones (excluding diaryl/α,β-unsaturated/α-hetero) is 1. The maximum atomic E-state index is 12.7. The van der Waals surface area contributed by atoms with Gasteiger partial charge >= 0.3 is 0 Å². The Morgan fingerprint density at radius 1 is 1.17 bits per heavy atom. The Kier molecular flexibility index (Phi) is 6.97. The first-order chi connectivity index (χ1) is 14.4. The van der Waals surface area contributed by atoms with Gasteiger partial charge in [0.05, 0.1) is 18.6 Å². The van der Waals surface area contributed by atoms with Gasteiger partial charge in [-0.05, 0) is 59.8 Å². The number of ketones is 1. The lowest BCUT2D eigenvalue weighted by Crippen LogP contribution is -2.33. The van der Waals surface area contributed by atoms with Gasteiger partial charge in [-0.15, -0.1) is 0 Å². The number of amides is 2. The first-order valence-corrected chi connectivity index (χ1v) is 10.1. The van der Waals surface area contributed by atoms with Crippen LogP contribution in [0.15, 0.2) is 60.0 Å². The quantitative estimate of drug-likeness (QED) is 0.330. The highest BCUT2D eigenvalue weighted by Crippen LogP contribution is 2.34. The molecule has 2 aromatic rings. The second-order valence-electron chi connectivity index (χ2n) is 6.21. The van der Waals surface area contributed by atoms with E-state index < -0.39 is 11.1 Å². The molecule has 0 spiro atoms. The summed E-state index contributed by atoms with van der Waals surface area (Å²) in [5.41, 5.74) is 1.04. The van der Waals surface area contributed by atoms with Crippen LogP contribution in [0.1, 0.15) is 15.9 Å². The van der Waals surface area contributed by atoms with E-state index in [0.29, 0.717) is 34.3 Å². The zero-order chi connectivity index (χ0) is 21.7. The molecule has 2 aromatic carbocycles. The average Bonchev–Trinajstić information content (AvgIpc) is 3.00. The zero-order valence-electron chi connectivity index (χ0n) is 16.1. The maximum Gasteiger partial charge on any atom is 0.293 e. The lowest BCUT2D eigenvalue weighted by molar-refractivity contribution is -0.122. The molecule has 1 fully saturated rings. The third-order valence-electron chi connectivity index (χ3n) is 4.18. The third-order valence-corrected chi connectivity index (χ3v) is 5.34. The molecule has 0 saturated carbocycles. The van der Waals surface area contributed by atoms with Crippen molar-refractivity contribution in [1.29, 1.82) is 0 Å². The van der Waals surface area contributed by atoms with Crippen molar-refractivity contribution in [2.45, 2.75) is 0 Å². The first kappa shape index (κ1) is 21.7.